The van der Waals surface area contributed by atoms with Crippen LogP contribution in [0.5, 0.6) is 0 Å². The molecule has 0 N–H and O–H groups in total. The van der Waals surface area contributed by atoms with Crippen molar-refractivity contribution in [3.8, 4) is 0 Å². The zero-order valence-electron chi connectivity index (χ0n) is 13.9. The zero-order valence-corrected chi connectivity index (χ0v) is 15.5. The third kappa shape index (κ3) is 3.22. The molecule has 0 saturated heterocycles. The highest BCUT2D eigenvalue weighted by molar-refractivity contribution is 7.21. The van der Waals surface area contributed by atoms with Gasteiger partial charge in [0.1, 0.15) is 4.88 Å². The number of fused-ring (bicyclic) bond motifs is 1. The molecular weight excluding hydrogens is 388 g/mol. The number of halogens is 1. The summed E-state index contributed by atoms with van der Waals surface area (Å²) in [5, 5.41) is 12.1. The highest BCUT2D eigenvalue weighted by Crippen LogP contribution is 2.37. The molecule has 1 aliphatic heterocycles. The maximum absolute atomic E-state index is 12.2. The number of benzene rings is 2. The van der Waals surface area contributed by atoms with E-state index in [1.165, 1.54) is 29.5 Å². The summed E-state index contributed by atoms with van der Waals surface area (Å²) in [6.45, 7) is 1.99. The number of aliphatic imine (C=N–C) groups is 1. The summed E-state index contributed by atoms with van der Waals surface area (Å²) >= 11 is 7.86. The quantitative estimate of drug-likeness (QED) is 0.265. The van der Waals surface area contributed by atoms with Crippen LogP contribution in [0.3, 0.4) is 0 Å². The number of nitrogens with zero attached hydrogens (tertiary/aromatic N) is 2. The van der Waals surface area contributed by atoms with Crippen molar-refractivity contribution in [2.75, 3.05) is 0 Å². The zero-order chi connectivity index (χ0) is 19.1. The third-order valence-electron chi connectivity index (χ3n) is 4.01. The van der Waals surface area contributed by atoms with Gasteiger partial charge in [-0.3, -0.25) is 10.1 Å². The fourth-order valence-electron chi connectivity index (χ4n) is 2.67. The molecule has 6 nitrogen and oxygen atoms in total. The van der Waals surface area contributed by atoms with Crippen LogP contribution in [0.25, 0.3) is 16.2 Å². The molecule has 134 valence electrons. The smallest absolute Gasteiger partial charge is 0.363 e. The van der Waals surface area contributed by atoms with E-state index >= 15 is 0 Å². The van der Waals surface area contributed by atoms with Crippen molar-refractivity contribution in [1.29, 1.82) is 0 Å². The van der Waals surface area contributed by atoms with Crippen LogP contribution >= 0.6 is 22.9 Å². The van der Waals surface area contributed by atoms with Gasteiger partial charge in [0, 0.05) is 22.2 Å². The van der Waals surface area contributed by atoms with Crippen LogP contribution in [0, 0.1) is 17.0 Å². The number of hydrogen-bond donors (Lipinski definition) is 0. The Bertz CT molecular complexity index is 1160. The minimum absolute atomic E-state index is 0.0253. The number of nitro groups is 1. The van der Waals surface area contributed by atoms with E-state index in [-0.39, 0.29) is 17.3 Å². The Morgan fingerprint density at radius 3 is 2.67 bits per heavy atom. The molecule has 0 radical (unpaired) electrons. The van der Waals surface area contributed by atoms with Crippen LogP contribution in [-0.2, 0) is 9.53 Å². The first-order chi connectivity index (χ1) is 12.9. The number of aryl methyl sites for hydroxylation is 1. The maximum atomic E-state index is 12.2. The SMILES string of the molecule is Cc1ccc2c(Cl)c(C3=N/C(=C/c4ccc([N+](=O)[O-])cc4)C(=O)O3)sc2c1. The number of esters is 1. The Morgan fingerprint density at radius 2 is 1.96 bits per heavy atom. The molecule has 0 bridgehead atoms. The normalized spacial score (nSPS) is 15.3. The average molecular weight is 399 g/mol. The van der Waals surface area contributed by atoms with E-state index in [2.05, 4.69) is 4.99 Å². The lowest BCUT2D eigenvalue weighted by atomic mass is 10.2. The molecule has 4 rings (SSSR count). The lowest BCUT2D eigenvalue weighted by molar-refractivity contribution is -0.384. The first kappa shape index (κ1) is 17.4. The predicted molar refractivity (Wildman–Crippen MR) is 105 cm³/mol. The summed E-state index contributed by atoms with van der Waals surface area (Å²) in [6.07, 6.45) is 1.52. The Kier molecular flexibility index (Phi) is 4.25. The van der Waals surface area contributed by atoms with Crippen molar-refractivity contribution in [2.45, 2.75) is 6.92 Å². The number of rotatable bonds is 3. The second-order valence-corrected chi connectivity index (χ2v) is 7.36. The second-order valence-electron chi connectivity index (χ2n) is 5.93. The number of cyclic esters (lactones) is 1. The third-order valence-corrected chi connectivity index (χ3v) is 5.65. The number of non-ortho nitro benzene ring substituents is 1. The Hall–Kier alpha value is -3.03. The van der Waals surface area contributed by atoms with Gasteiger partial charge in [-0.15, -0.1) is 11.3 Å². The molecule has 0 aliphatic carbocycles. The van der Waals surface area contributed by atoms with E-state index in [9.17, 15) is 14.9 Å². The summed E-state index contributed by atoms with van der Waals surface area (Å²) < 4.78 is 6.28. The summed E-state index contributed by atoms with van der Waals surface area (Å²) in [6, 6.07) is 11.7. The molecule has 0 amide bonds. The first-order valence-corrected chi connectivity index (χ1v) is 9.08. The number of hydrogen-bond acceptors (Lipinski definition) is 6. The minimum Gasteiger partial charge on any atom is -0.401 e. The minimum atomic E-state index is -0.590. The fraction of sp³-hybridized carbons (Fsp3) is 0.0526. The van der Waals surface area contributed by atoms with Crippen LogP contribution in [0.2, 0.25) is 5.02 Å². The van der Waals surface area contributed by atoms with Gasteiger partial charge in [-0.05, 0) is 42.3 Å². The molecule has 2 heterocycles. The summed E-state index contributed by atoms with van der Waals surface area (Å²) in [4.78, 5) is 27.3. The van der Waals surface area contributed by atoms with Crippen LogP contribution < -0.4 is 0 Å². The van der Waals surface area contributed by atoms with Crippen molar-refractivity contribution >= 4 is 56.7 Å². The Labute approximate surface area is 162 Å². The Morgan fingerprint density at radius 1 is 1.22 bits per heavy atom. The van der Waals surface area contributed by atoms with Gasteiger partial charge in [-0.25, -0.2) is 9.79 Å². The van der Waals surface area contributed by atoms with Gasteiger partial charge in [0.25, 0.3) is 5.69 Å². The van der Waals surface area contributed by atoms with Crippen molar-refractivity contribution < 1.29 is 14.5 Å². The van der Waals surface area contributed by atoms with Crippen LogP contribution in [0.1, 0.15) is 16.0 Å². The van der Waals surface area contributed by atoms with E-state index in [4.69, 9.17) is 16.3 Å². The Balaban J connectivity index is 1.71. The largest absolute Gasteiger partial charge is 0.401 e. The molecule has 0 unspecified atom stereocenters. The molecule has 0 atom stereocenters. The van der Waals surface area contributed by atoms with E-state index < -0.39 is 10.9 Å². The number of carbonyl (C=O) groups excluding carboxylic acids is 1. The topological polar surface area (TPSA) is 81.8 Å². The first-order valence-electron chi connectivity index (χ1n) is 7.88. The van der Waals surface area contributed by atoms with Gasteiger partial charge in [0.05, 0.1) is 9.95 Å². The predicted octanol–water partition coefficient (Wildman–Crippen LogP) is 5.12. The molecule has 0 spiro atoms. The lowest BCUT2D eigenvalue weighted by Crippen LogP contribution is -2.04. The van der Waals surface area contributed by atoms with E-state index in [0.29, 0.717) is 15.5 Å². The van der Waals surface area contributed by atoms with Crippen molar-refractivity contribution in [3.05, 3.63) is 79.3 Å². The monoisotopic (exact) mass is 398 g/mol. The van der Waals surface area contributed by atoms with E-state index in [0.717, 1.165) is 15.6 Å². The molecular formula is C19H11ClN2O4S. The molecule has 27 heavy (non-hydrogen) atoms. The van der Waals surface area contributed by atoms with Crippen molar-refractivity contribution in [3.63, 3.8) is 0 Å². The van der Waals surface area contributed by atoms with Crippen molar-refractivity contribution in [1.82, 2.24) is 0 Å². The fourth-order valence-corrected chi connectivity index (χ4v) is 4.20. The van der Waals surface area contributed by atoms with E-state index in [1.54, 1.807) is 12.1 Å². The summed E-state index contributed by atoms with van der Waals surface area (Å²) in [5.41, 5.74) is 1.80. The molecule has 0 saturated carbocycles. The van der Waals surface area contributed by atoms with Gasteiger partial charge >= 0.3 is 5.97 Å². The molecule has 8 heteroatoms. The van der Waals surface area contributed by atoms with Crippen LogP contribution in [0.15, 0.2) is 53.2 Å². The molecule has 0 fully saturated rings. The lowest BCUT2D eigenvalue weighted by Gasteiger charge is -1.95. The van der Waals surface area contributed by atoms with Gasteiger partial charge in [0.2, 0.25) is 5.90 Å². The van der Waals surface area contributed by atoms with Crippen LogP contribution in [-0.4, -0.2) is 16.8 Å². The van der Waals surface area contributed by atoms with Crippen molar-refractivity contribution in [2.24, 2.45) is 4.99 Å². The van der Waals surface area contributed by atoms with Gasteiger partial charge in [-0.1, -0.05) is 23.7 Å². The summed E-state index contributed by atoms with van der Waals surface area (Å²) in [5.74, 6) is -0.426. The van der Waals surface area contributed by atoms with Crippen LogP contribution in [0.4, 0.5) is 5.69 Å². The maximum Gasteiger partial charge on any atom is 0.363 e. The second kappa shape index (κ2) is 6.61. The number of thiophene rings is 1. The number of nitro benzene ring substituents is 1. The molecule has 2 aromatic carbocycles. The molecule has 3 aromatic rings. The van der Waals surface area contributed by atoms with E-state index in [1.807, 2.05) is 25.1 Å². The standard InChI is InChI=1S/C19H11ClN2O4S/c1-10-2-7-13-15(8-10)27-17(16(13)20)18-21-14(19(23)26-18)9-11-3-5-12(6-4-11)22(24)25/h2-9H,1H3/b14-9+. The van der Waals surface area contributed by atoms with Gasteiger partial charge in [-0.2, -0.15) is 0 Å². The average Bonchev–Trinajstić information content (AvgIpc) is 3.15. The number of carbonyl (C=O) groups is 1. The highest BCUT2D eigenvalue weighted by Gasteiger charge is 2.28. The highest BCUT2D eigenvalue weighted by atomic mass is 35.5. The summed E-state index contributed by atoms with van der Waals surface area (Å²) in [7, 11) is 0. The molecule has 1 aliphatic rings. The number of ether oxygens (including phenoxy) is 1. The van der Waals surface area contributed by atoms with Gasteiger partial charge in [0.15, 0.2) is 5.70 Å². The van der Waals surface area contributed by atoms with Gasteiger partial charge < -0.3 is 4.74 Å². The molecule has 1 aromatic heterocycles.